The molecule has 1 aromatic rings. The zero-order valence-electron chi connectivity index (χ0n) is 16.1. The third kappa shape index (κ3) is 2.98. The van der Waals surface area contributed by atoms with Gasteiger partial charge in [0.2, 0.25) is 0 Å². The number of aliphatic hydroxyl groups excluding tert-OH is 1. The van der Waals surface area contributed by atoms with Crippen LogP contribution < -0.4 is 10.2 Å². The van der Waals surface area contributed by atoms with Crippen molar-refractivity contribution in [1.29, 1.82) is 0 Å². The van der Waals surface area contributed by atoms with E-state index in [1.807, 2.05) is 4.90 Å². The Bertz CT molecular complexity index is 714. The van der Waals surface area contributed by atoms with Crippen LogP contribution in [0.3, 0.4) is 0 Å². The number of nitrogens with one attached hydrogen (secondary N) is 1. The van der Waals surface area contributed by atoms with E-state index in [0.717, 1.165) is 50.3 Å². The van der Waals surface area contributed by atoms with Crippen molar-refractivity contribution in [2.24, 2.45) is 5.41 Å². The molecule has 27 heavy (non-hydrogen) atoms. The Morgan fingerprint density at radius 2 is 2.00 bits per heavy atom. The zero-order chi connectivity index (χ0) is 18.6. The van der Waals surface area contributed by atoms with Gasteiger partial charge in [-0.25, -0.2) is 4.98 Å². The number of fused-ring (bicyclic) bond motifs is 3. The maximum atomic E-state index is 13.0. The van der Waals surface area contributed by atoms with E-state index < -0.39 is 6.10 Å². The molecule has 0 radical (unpaired) electrons. The second-order valence-corrected chi connectivity index (χ2v) is 10.2. The van der Waals surface area contributed by atoms with Gasteiger partial charge in [-0.1, -0.05) is 31.1 Å². The van der Waals surface area contributed by atoms with Crippen molar-refractivity contribution in [3.05, 3.63) is 10.6 Å². The third-order valence-corrected chi connectivity index (χ3v) is 8.37. The maximum Gasteiger partial charge on any atom is 0.252 e. The number of hydrogen-bond donors (Lipinski definition) is 2. The van der Waals surface area contributed by atoms with E-state index in [-0.39, 0.29) is 11.3 Å². The monoisotopic (exact) mass is 390 g/mol. The first-order valence-electron chi connectivity index (χ1n) is 10.5. The van der Waals surface area contributed by atoms with Crippen molar-refractivity contribution in [3.8, 4) is 0 Å². The predicted octanol–water partition coefficient (Wildman–Crippen LogP) is 1.91. The van der Waals surface area contributed by atoms with E-state index in [9.17, 15) is 9.90 Å². The molecule has 2 saturated heterocycles. The summed E-state index contributed by atoms with van der Waals surface area (Å²) in [5, 5.41) is 15.4. The number of anilines is 1. The molecule has 1 saturated carbocycles. The highest BCUT2D eigenvalue weighted by Crippen LogP contribution is 2.42. The van der Waals surface area contributed by atoms with Crippen molar-refractivity contribution < 1.29 is 9.90 Å². The number of carbonyl (C=O) groups excluding carboxylic acids is 1. The topological polar surface area (TPSA) is 68.7 Å². The summed E-state index contributed by atoms with van der Waals surface area (Å²) in [4.78, 5) is 23.5. The van der Waals surface area contributed by atoms with Crippen LogP contribution in [0.4, 0.5) is 5.13 Å². The molecule has 2 N–H and O–H groups in total. The fourth-order valence-electron chi connectivity index (χ4n) is 5.50. The molecule has 3 unspecified atom stereocenters. The number of piperazine rings is 1. The molecule has 5 rings (SSSR count). The lowest BCUT2D eigenvalue weighted by molar-refractivity contribution is -0.147. The average Bonchev–Trinajstić information content (AvgIpc) is 3.36. The molecule has 0 spiro atoms. The number of nitrogens with zero attached hydrogens (tertiary/aromatic N) is 3. The smallest absolute Gasteiger partial charge is 0.252 e. The van der Waals surface area contributed by atoms with Gasteiger partial charge < -0.3 is 20.2 Å². The van der Waals surface area contributed by atoms with Crippen LogP contribution in [0.15, 0.2) is 0 Å². The van der Waals surface area contributed by atoms with E-state index in [1.54, 1.807) is 11.3 Å². The molecule has 1 amide bonds. The predicted molar refractivity (Wildman–Crippen MR) is 106 cm³/mol. The van der Waals surface area contributed by atoms with Crippen LogP contribution in [0.5, 0.6) is 0 Å². The van der Waals surface area contributed by atoms with Crippen molar-refractivity contribution in [1.82, 2.24) is 15.2 Å². The summed E-state index contributed by atoms with van der Waals surface area (Å²) < 4.78 is 0. The molecule has 6 nitrogen and oxygen atoms in total. The Hall–Kier alpha value is -1.18. The molecular formula is C20H30N4O2S. The largest absolute Gasteiger partial charge is 0.383 e. The maximum absolute atomic E-state index is 13.0. The average molecular weight is 391 g/mol. The molecule has 3 atom stereocenters. The first kappa shape index (κ1) is 17.9. The Balaban J connectivity index is 1.31. The minimum atomic E-state index is -0.863. The lowest BCUT2D eigenvalue weighted by atomic mass is 9.81. The van der Waals surface area contributed by atoms with Gasteiger partial charge in [0.1, 0.15) is 6.10 Å². The lowest BCUT2D eigenvalue weighted by Gasteiger charge is -2.35. The first-order chi connectivity index (χ1) is 13.0. The summed E-state index contributed by atoms with van der Waals surface area (Å²) in [6, 6.07) is 1.14. The van der Waals surface area contributed by atoms with Crippen molar-refractivity contribution in [2.75, 3.05) is 24.5 Å². The standard InChI is InChI=1S/C20H30N4O2S/c1-20(7-2-3-8-20)17(25)18(26)23-9-6-15-16(12-23)27-19(22-15)24-13-4-5-14(24)11-21-10-13/h13-14,17,21,25H,2-12H2,1H3. The minimum Gasteiger partial charge on any atom is -0.383 e. The highest BCUT2D eigenvalue weighted by atomic mass is 32.1. The second kappa shape index (κ2) is 6.71. The third-order valence-electron chi connectivity index (χ3n) is 7.27. The summed E-state index contributed by atoms with van der Waals surface area (Å²) in [5.41, 5.74) is 0.925. The Kier molecular flexibility index (Phi) is 4.44. The van der Waals surface area contributed by atoms with Crippen LogP contribution in [0, 0.1) is 5.41 Å². The fraction of sp³-hybridized carbons (Fsp3) is 0.800. The Morgan fingerprint density at radius 1 is 1.30 bits per heavy atom. The van der Waals surface area contributed by atoms with Gasteiger partial charge in [0.15, 0.2) is 5.13 Å². The molecule has 1 aliphatic carbocycles. The Morgan fingerprint density at radius 3 is 2.70 bits per heavy atom. The number of hydrogen-bond acceptors (Lipinski definition) is 6. The van der Waals surface area contributed by atoms with E-state index in [1.165, 1.54) is 23.4 Å². The minimum absolute atomic E-state index is 0.0813. The van der Waals surface area contributed by atoms with Gasteiger partial charge >= 0.3 is 0 Å². The van der Waals surface area contributed by atoms with Gasteiger partial charge in [0.25, 0.3) is 5.91 Å². The molecule has 2 bridgehead atoms. The summed E-state index contributed by atoms with van der Waals surface area (Å²) in [6.45, 7) is 5.46. The number of thiazole rings is 1. The van der Waals surface area contributed by atoms with Crippen molar-refractivity contribution in [3.63, 3.8) is 0 Å². The summed E-state index contributed by atoms with van der Waals surface area (Å²) in [6.07, 6.45) is 6.59. The van der Waals surface area contributed by atoms with Gasteiger partial charge in [-0.3, -0.25) is 4.79 Å². The summed E-state index contributed by atoms with van der Waals surface area (Å²) in [7, 11) is 0. The molecule has 4 aliphatic rings. The Labute approximate surface area is 164 Å². The highest BCUT2D eigenvalue weighted by Gasteiger charge is 2.43. The molecular weight excluding hydrogens is 360 g/mol. The second-order valence-electron chi connectivity index (χ2n) is 9.09. The van der Waals surface area contributed by atoms with Crippen LogP contribution in [0.1, 0.15) is 56.0 Å². The van der Waals surface area contributed by atoms with Gasteiger partial charge in [0, 0.05) is 48.4 Å². The van der Waals surface area contributed by atoms with Crippen molar-refractivity contribution in [2.45, 2.75) is 76.6 Å². The SMILES string of the molecule is CC1(C(O)C(=O)N2CCc3nc(N4C5CCC4CNC5)sc3C2)CCCC1. The quantitative estimate of drug-likeness (QED) is 0.825. The van der Waals surface area contributed by atoms with E-state index in [2.05, 4.69) is 17.1 Å². The number of aliphatic hydroxyl groups is 1. The normalized spacial score (nSPS) is 30.4. The van der Waals surface area contributed by atoms with Gasteiger partial charge in [0.05, 0.1) is 12.2 Å². The summed E-state index contributed by atoms with van der Waals surface area (Å²) >= 11 is 1.77. The molecule has 7 heteroatoms. The number of carbonyl (C=O) groups is 1. The highest BCUT2D eigenvalue weighted by molar-refractivity contribution is 7.15. The lowest BCUT2D eigenvalue weighted by Crippen LogP contribution is -2.51. The molecule has 3 aliphatic heterocycles. The van der Waals surface area contributed by atoms with Gasteiger partial charge in [-0.15, -0.1) is 0 Å². The van der Waals surface area contributed by atoms with E-state index in [4.69, 9.17) is 4.98 Å². The number of rotatable bonds is 3. The van der Waals surface area contributed by atoms with Crippen molar-refractivity contribution >= 4 is 22.4 Å². The van der Waals surface area contributed by atoms with E-state index in [0.29, 0.717) is 25.2 Å². The molecule has 3 fully saturated rings. The molecule has 1 aromatic heterocycles. The van der Waals surface area contributed by atoms with Crippen LogP contribution in [-0.4, -0.2) is 58.7 Å². The van der Waals surface area contributed by atoms with E-state index >= 15 is 0 Å². The van der Waals surface area contributed by atoms with Crippen LogP contribution in [0.25, 0.3) is 0 Å². The van der Waals surface area contributed by atoms with Crippen LogP contribution in [-0.2, 0) is 17.8 Å². The van der Waals surface area contributed by atoms with Gasteiger partial charge in [-0.05, 0) is 25.7 Å². The first-order valence-corrected chi connectivity index (χ1v) is 11.3. The van der Waals surface area contributed by atoms with Gasteiger partial charge in [-0.2, -0.15) is 0 Å². The fourth-order valence-corrected chi connectivity index (χ4v) is 6.76. The zero-order valence-corrected chi connectivity index (χ0v) is 16.9. The molecule has 148 valence electrons. The number of amides is 1. The molecule has 0 aromatic carbocycles. The molecule has 4 heterocycles. The number of aromatic nitrogens is 1. The van der Waals surface area contributed by atoms with Crippen LogP contribution in [0.2, 0.25) is 0 Å². The van der Waals surface area contributed by atoms with Crippen LogP contribution >= 0.6 is 11.3 Å². The summed E-state index contributed by atoms with van der Waals surface area (Å²) in [5.74, 6) is -0.0813.